The van der Waals surface area contributed by atoms with Crippen LogP contribution >= 0.6 is 0 Å². The number of carbonyl (C=O) groups excluding carboxylic acids is 4. The van der Waals surface area contributed by atoms with Gasteiger partial charge in [-0.15, -0.1) is 0 Å². The molecule has 3 fully saturated rings. The van der Waals surface area contributed by atoms with Gasteiger partial charge in [-0.25, -0.2) is 0 Å². The van der Waals surface area contributed by atoms with Gasteiger partial charge in [0.05, 0.1) is 18.9 Å². The maximum absolute atomic E-state index is 12.6. The fourth-order valence-electron chi connectivity index (χ4n) is 4.84. The maximum atomic E-state index is 12.6. The molecule has 1 saturated heterocycles. The minimum absolute atomic E-state index is 0.264. The summed E-state index contributed by atoms with van der Waals surface area (Å²) in [5.41, 5.74) is 0.508. The van der Waals surface area contributed by atoms with Crippen LogP contribution in [-0.2, 0) is 23.9 Å². The first-order valence-electron chi connectivity index (χ1n) is 9.42. The zero-order valence-corrected chi connectivity index (χ0v) is 15.6. The number of carbonyl (C=O) groups is 4. The Morgan fingerprint density at radius 2 is 1.82 bits per heavy atom. The van der Waals surface area contributed by atoms with E-state index in [2.05, 4.69) is 5.32 Å². The number of nitrogens with one attached hydrogen (secondary N) is 1. The predicted octanol–water partition coefficient (Wildman–Crippen LogP) is 1.21. The average Bonchev–Trinajstić information content (AvgIpc) is 3.36. The van der Waals surface area contributed by atoms with E-state index in [4.69, 9.17) is 9.47 Å². The van der Waals surface area contributed by atoms with Gasteiger partial charge in [-0.1, -0.05) is 6.07 Å². The van der Waals surface area contributed by atoms with E-state index in [1.807, 2.05) is 0 Å². The number of amides is 3. The minimum atomic E-state index is -0.769. The van der Waals surface area contributed by atoms with Crippen molar-refractivity contribution >= 4 is 29.4 Å². The molecule has 28 heavy (non-hydrogen) atoms. The van der Waals surface area contributed by atoms with Crippen LogP contribution in [0.4, 0.5) is 5.69 Å². The second-order valence-corrected chi connectivity index (χ2v) is 7.59. The van der Waals surface area contributed by atoms with Gasteiger partial charge in [0, 0.05) is 11.8 Å². The fourth-order valence-corrected chi connectivity index (χ4v) is 4.84. The number of benzene rings is 1. The zero-order chi connectivity index (χ0) is 19.8. The topological polar surface area (TPSA) is 102 Å². The number of rotatable bonds is 6. The molecule has 4 atom stereocenters. The van der Waals surface area contributed by atoms with E-state index in [1.54, 1.807) is 24.3 Å². The van der Waals surface area contributed by atoms with Crippen LogP contribution in [-0.4, -0.2) is 48.9 Å². The van der Waals surface area contributed by atoms with Crippen LogP contribution in [0.2, 0.25) is 0 Å². The second-order valence-electron chi connectivity index (χ2n) is 7.59. The van der Waals surface area contributed by atoms with Crippen molar-refractivity contribution < 1.29 is 28.7 Å². The molecule has 1 N–H and O–H groups in total. The SMILES string of the molecule is COc1cccc(NC(=O)COC(=O)CN2C(=O)[C@@H]3[C@H]4CC[C@@H](C4)[C@H]3C2=O)c1. The third kappa shape index (κ3) is 3.23. The number of fused-ring (bicyclic) bond motifs is 5. The van der Waals surface area contributed by atoms with E-state index in [-0.39, 0.29) is 35.5 Å². The Morgan fingerprint density at radius 1 is 1.14 bits per heavy atom. The third-order valence-corrected chi connectivity index (χ3v) is 6.02. The largest absolute Gasteiger partial charge is 0.497 e. The molecule has 0 unspecified atom stereocenters. The highest BCUT2D eigenvalue weighted by Crippen LogP contribution is 2.56. The minimum Gasteiger partial charge on any atom is -0.497 e. The van der Waals surface area contributed by atoms with Gasteiger partial charge in [-0.05, 0) is 43.2 Å². The number of likely N-dealkylation sites (tertiary alicyclic amines) is 1. The normalized spacial score (nSPS) is 27.7. The summed E-state index contributed by atoms with van der Waals surface area (Å²) in [6, 6.07) is 6.77. The molecule has 2 aliphatic carbocycles. The van der Waals surface area contributed by atoms with Gasteiger partial charge in [-0.3, -0.25) is 24.1 Å². The van der Waals surface area contributed by atoms with Gasteiger partial charge in [0.2, 0.25) is 11.8 Å². The lowest BCUT2D eigenvalue weighted by Crippen LogP contribution is -2.38. The molecule has 3 aliphatic rings. The Balaban J connectivity index is 1.28. The highest BCUT2D eigenvalue weighted by Gasteiger charge is 2.61. The Hall–Kier alpha value is -2.90. The van der Waals surface area contributed by atoms with Crippen LogP contribution in [0.25, 0.3) is 0 Å². The summed E-state index contributed by atoms with van der Waals surface area (Å²) in [7, 11) is 1.52. The van der Waals surface area contributed by atoms with E-state index in [9.17, 15) is 19.2 Å². The molecule has 0 radical (unpaired) electrons. The van der Waals surface area contributed by atoms with Gasteiger partial charge in [0.15, 0.2) is 6.61 Å². The van der Waals surface area contributed by atoms with Crippen molar-refractivity contribution in [2.24, 2.45) is 23.7 Å². The molecule has 148 valence electrons. The summed E-state index contributed by atoms with van der Waals surface area (Å²) >= 11 is 0. The molecule has 0 aromatic heterocycles. The van der Waals surface area contributed by atoms with Crippen molar-refractivity contribution in [1.82, 2.24) is 4.90 Å². The Bertz CT molecular complexity index is 810. The second kappa shape index (κ2) is 7.26. The number of methoxy groups -OCH3 is 1. The lowest BCUT2D eigenvalue weighted by molar-refractivity contribution is -0.154. The molecule has 8 heteroatoms. The number of imide groups is 1. The molecule has 1 aliphatic heterocycles. The standard InChI is InChI=1S/C20H22N2O6/c1-27-14-4-2-3-13(8-14)21-15(23)10-28-16(24)9-22-19(25)17-11-5-6-12(7-11)18(17)20(22)26/h2-4,8,11-12,17-18H,5-7,9-10H2,1H3,(H,21,23)/t11-,12-,17+,18+/m0/s1. The van der Waals surface area contributed by atoms with Gasteiger partial charge in [0.1, 0.15) is 12.3 Å². The smallest absolute Gasteiger partial charge is 0.326 e. The van der Waals surface area contributed by atoms with Crippen molar-refractivity contribution in [3.8, 4) is 5.75 Å². The molecule has 2 saturated carbocycles. The first-order valence-corrected chi connectivity index (χ1v) is 9.42. The van der Waals surface area contributed by atoms with Crippen LogP contribution in [0.1, 0.15) is 19.3 Å². The summed E-state index contributed by atoms with van der Waals surface area (Å²) < 4.78 is 10.0. The van der Waals surface area contributed by atoms with Crippen LogP contribution in [0.15, 0.2) is 24.3 Å². The summed E-state index contributed by atoms with van der Waals surface area (Å²) in [6.07, 6.45) is 2.90. The summed E-state index contributed by atoms with van der Waals surface area (Å²) in [6.45, 7) is -0.930. The maximum Gasteiger partial charge on any atom is 0.326 e. The number of anilines is 1. The lowest BCUT2D eigenvalue weighted by Gasteiger charge is -2.19. The van der Waals surface area contributed by atoms with E-state index >= 15 is 0 Å². The number of hydrogen-bond acceptors (Lipinski definition) is 6. The number of ether oxygens (including phenoxy) is 2. The first kappa shape index (κ1) is 18.5. The summed E-state index contributed by atoms with van der Waals surface area (Å²) in [5.74, 6) is -1.24. The van der Waals surface area contributed by atoms with E-state index < -0.39 is 25.0 Å². The molecular weight excluding hydrogens is 364 g/mol. The van der Waals surface area contributed by atoms with E-state index in [1.165, 1.54) is 7.11 Å². The van der Waals surface area contributed by atoms with Crippen molar-refractivity contribution in [2.45, 2.75) is 19.3 Å². The molecule has 4 rings (SSSR count). The number of esters is 1. The van der Waals surface area contributed by atoms with Crippen LogP contribution < -0.4 is 10.1 Å². The Labute approximate surface area is 162 Å². The fraction of sp³-hybridized carbons (Fsp3) is 0.500. The predicted molar refractivity (Wildman–Crippen MR) is 97.1 cm³/mol. The van der Waals surface area contributed by atoms with Crippen molar-refractivity contribution in [2.75, 3.05) is 25.6 Å². The molecule has 3 amide bonds. The molecule has 2 bridgehead atoms. The summed E-state index contributed by atoms with van der Waals surface area (Å²) in [5, 5.41) is 2.59. The van der Waals surface area contributed by atoms with Crippen molar-refractivity contribution in [3.05, 3.63) is 24.3 Å². The monoisotopic (exact) mass is 386 g/mol. The van der Waals surface area contributed by atoms with Crippen LogP contribution in [0.5, 0.6) is 5.75 Å². The molecular formula is C20H22N2O6. The number of nitrogens with zero attached hydrogens (tertiary/aromatic N) is 1. The highest BCUT2D eigenvalue weighted by atomic mass is 16.5. The van der Waals surface area contributed by atoms with E-state index in [0.717, 1.165) is 24.2 Å². The molecule has 0 spiro atoms. The Kier molecular flexibility index (Phi) is 4.78. The average molecular weight is 386 g/mol. The Morgan fingerprint density at radius 3 is 2.46 bits per heavy atom. The first-order chi connectivity index (χ1) is 13.5. The molecule has 1 aromatic carbocycles. The lowest BCUT2D eigenvalue weighted by atomic mass is 9.81. The zero-order valence-electron chi connectivity index (χ0n) is 15.6. The number of hydrogen-bond donors (Lipinski definition) is 1. The molecule has 8 nitrogen and oxygen atoms in total. The van der Waals surface area contributed by atoms with Gasteiger partial charge in [-0.2, -0.15) is 0 Å². The summed E-state index contributed by atoms with van der Waals surface area (Å²) in [4.78, 5) is 50.2. The van der Waals surface area contributed by atoms with Gasteiger partial charge in [0.25, 0.3) is 5.91 Å². The van der Waals surface area contributed by atoms with Crippen LogP contribution in [0.3, 0.4) is 0 Å². The van der Waals surface area contributed by atoms with Gasteiger partial charge < -0.3 is 14.8 Å². The quantitative estimate of drug-likeness (QED) is 0.582. The van der Waals surface area contributed by atoms with Crippen molar-refractivity contribution in [3.63, 3.8) is 0 Å². The molecule has 1 aromatic rings. The third-order valence-electron chi connectivity index (χ3n) is 6.02. The van der Waals surface area contributed by atoms with E-state index in [0.29, 0.717) is 11.4 Å². The highest BCUT2D eigenvalue weighted by molar-refractivity contribution is 6.07. The van der Waals surface area contributed by atoms with Crippen LogP contribution in [0, 0.1) is 23.7 Å². The molecule has 1 heterocycles. The van der Waals surface area contributed by atoms with Crippen molar-refractivity contribution in [1.29, 1.82) is 0 Å². The van der Waals surface area contributed by atoms with Gasteiger partial charge >= 0.3 is 5.97 Å².